The standard InChI is InChI=1S/C19H15F2N3O2S/c20-14-4-5-15(21)12(10-14)3-6-17(25)24-8-7-13(11-24)18-22-19(26-23-18)16-2-1-9-27-16/h1-6,9-10,13H,7-8,11H2. The monoisotopic (exact) mass is 387 g/mol. The van der Waals surface area contributed by atoms with Gasteiger partial charge in [0, 0.05) is 30.6 Å². The van der Waals surface area contributed by atoms with E-state index in [0.717, 1.165) is 29.5 Å². The summed E-state index contributed by atoms with van der Waals surface area (Å²) in [5, 5.41) is 5.97. The van der Waals surface area contributed by atoms with Crippen molar-refractivity contribution in [3.05, 3.63) is 64.8 Å². The number of carbonyl (C=O) groups is 1. The molecule has 138 valence electrons. The van der Waals surface area contributed by atoms with E-state index in [2.05, 4.69) is 10.1 Å². The summed E-state index contributed by atoms with van der Waals surface area (Å²) in [5.74, 6) is -0.343. The predicted molar refractivity (Wildman–Crippen MR) is 96.9 cm³/mol. The van der Waals surface area contributed by atoms with Crippen LogP contribution in [0.15, 0.2) is 46.3 Å². The second kappa shape index (κ2) is 7.40. The van der Waals surface area contributed by atoms with E-state index in [1.807, 2.05) is 17.5 Å². The van der Waals surface area contributed by atoms with Crippen LogP contribution in [-0.2, 0) is 4.79 Å². The molecule has 0 radical (unpaired) electrons. The van der Waals surface area contributed by atoms with Gasteiger partial charge in [0.1, 0.15) is 11.6 Å². The van der Waals surface area contributed by atoms with E-state index < -0.39 is 11.6 Å². The van der Waals surface area contributed by atoms with Gasteiger partial charge >= 0.3 is 0 Å². The highest BCUT2D eigenvalue weighted by Crippen LogP contribution is 2.29. The Hall–Kier alpha value is -2.87. The largest absolute Gasteiger partial charge is 0.338 e. The maximum absolute atomic E-state index is 13.6. The van der Waals surface area contributed by atoms with Crippen LogP contribution in [0.4, 0.5) is 8.78 Å². The number of carbonyl (C=O) groups excluding carboxylic acids is 1. The molecule has 0 aliphatic carbocycles. The van der Waals surface area contributed by atoms with Gasteiger partial charge in [0.05, 0.1) is 4.88 Å². The lowest BCUT2D eigenvalue weighted by atomic mass is 10.1. The zero-order chi connectivity index (χ0) is 18.8. The van der Waals surface area contributed by atoms with E-state index in [9.17, 15) is 13.6 Å². The first-order valence-electron chi connectivity index (χ1n) is 8.39. The van der Waals surface area contributed by atoms with Gasteiger partial charge in [-0.05, 0) is 42.1 Å². The molecule has 8 heteroatoms. The molecule has 0 saturated carbocycles. The van der Waals surface area contributed by atoms with Gasteiger partial charge in [-0.1, -0.05) is 11.2 Å². The number of amides is 1. The molecule has 4 rings (SSSR count). The Kier molecular flexibility index (Phi) is 4.81. The van der Waals surface area contributed by atoms with Crippen LogP contribution in [0.5, 0.6) is 0 Å². The summed E-state index contributed by atoms with van der Waals surface area (Å²) in [5.41, 5.74) is 0.0397. The number of benzene rings is 1. The van der Waals surface area contributed by atoms with E-state index in [-0.39, 0.29) is 17.4 Å². The molecule has 1 fully saturated rings. The zero-order valence-electron chi connectivity index (χ0n) is 14.1. The molecular weight excluding hydrogens is 372 g/mol. The lowest BCUT2D eigenvalue weighted by Gasteiger charge is -2.13. The molecule has 0 spiro atoms. The molecule has 2 aromatic heterocycles. The van der Waals surface area contributed by atoms with Gasteiger partial charge in [-0.25, -0.2) is 8.78 Å². The van der Waals surface area contributed by atoms with Gasteiger partial charge in [-0.15, -0.1) is 11.3 Å². The maximum Gasteiger partial charge on any atom is 0.267 e. The van der Waals surface area contributed by atoms with Gasteiger partial charge < -0.3 is 9.42 Å². The minimum absolute atomic E-state index is 0.00859. The molecule has 27 heavy (non-hydrogen) atoms. The Labute approximate surface area is 157 Å². The smallest absolute Gasteiger partial charge is 0.267 e. The summed E-state index contributed by atoms with van der Waals surface area (Å²) in [6.45, 7) is 1.00. The molecule has 5 nitrogen and oxygen atoms in total. The molecule has 1 atom stereocenters. The molecule has 3 heterocycles. The Morgan fingerprint density at radius 2 is 2.22 bits per heavy atom. The Balaban J connectivity index is 1.41. The predicted octanol–water partition coefficient (Wildman–Crippen LogP) is 4.11. The summed E-state index contributed by atoms with van der Waals surface area (Å²) >= 11 is 1.52. The second-order valence-electron chi connectivity index (χ2n) is 6.20. The third-order valence-electron chi connectivity index (χ3n) is 4.40. The van der Waals surface area contributed by atoms with Crippen LogP contribution in [0.3, 0.4) is 0 Å². The van der Waals surface area contributed by atoms with Crippen LogP contribution in [0.2, 0.25) is 0 Å². The minimum atomic E-state index is -0.576. The molecular formula is C19H15F2N3O2S. The first-order chi connectivity index (χ1) is 13.1. The summed E-state index contributed by atoms with van der Waals surface area (Å²) in [4.78, 5) is 19.3. The fourth-order valence-electron chi connectivity index (χ4n) is 2.98. The summed E-state index contributed by atoms with van der Waals surface area (Å²) in [6.07, 6.45) is 3.27. The van der Waals surface area contributed by atoms with Crippen LogP contribution in [0.25, 0.3) is 16.8 Å². The van der Waals surface area contributed by atoms with Crippen molar-refractivity contribution in [3.8, 4) is 10.8 Å². The van der Waals surface area contributed by atoms with Crippen LogP contribution in [0.1, 0.15) is 23.7 Å². The SMILES string of the molecule is O=C(C=Cc1cc(F)ccc1F)N1CCC(c2noc(-c3cccs3)n2)C1. The van der Waals surface area contributed by atoms with Gasteiger partial charge in [0.15, 0.2) is 5.82 Å². The number of aromatic nitrogens is 2. The molecule has 0 bridgehead atoms. The van der Waals surface area contributed by atoms with Crippen LogP contribution in [-0.4, -0.2) is 34.0 Å². The van der Waals surface area contributed by atoms with Crippen molar-refractivity contribution in [2.24, 2.45) is 0 Å². The second-order valence-corrected chi connectivity index (χ2v) is 7.15. The van der Waals surface area contributed by atoms with Crippen molar-refractivity contribution in [1.29, 1.82) is 0 Å². The molecule has 1 aliphatic heterocycles. The van der Waals surface area contributed by atoms with Gasteiger partial charge in [-0.2, -0.15) is 4.98 Å². The average molecular weight is 387 g/mol. The topological polar surface area (TPSA) is 59.2 Å². The van der Waals surface area contributed by atoms with Crippen LogP contribution < -0.4 is 0 Å². The molecule has 1 aliphatic rings. The number of likely N-dealkylation sites (tertiary alicyclic amines) is 1. The first kappa shape index (κ1) is 17.5. The quantitative estimate of drug-likeness (QED) is 0.633. The number of halogens is 2. The number of hydrogen-bond acceptors (Lipinski definition) is 5. The van der Waals surface area contributed by atoms with E-state index in [4.69, 9.17) is 4.52 Å². The van der Waals surface area contributed by atoms with Crippen LogP contribution >= 0.6 is 11.3 Å². The molecule has 1 saturated heterocycles. The minimum Gasteiger partial charge on any atom is -0.338 e. The zero-order valence-corrected chi connectivity index (χ0v) is 15.0. The Morgan fingerprint density at radius 1 is 1.33 bits per heavy atom. The molecule has 1 unspecified atom stereocenters. The third kappa shape index (κ3) is 3.80. The van der Waals surface area contributed by atoms with E-state index in [0.29, 0.717) is 24.8 Å². The highest BCUT2D eigenvalue weighted by atomic mass is 32.1. The third-order valence-corrected chi connectivity index (χ3v) is 5.26. The van der Waals surface area contributed by atoms with Crippen molar-refractivity contribution < 1.29 is 18.1 Å². The fourth-order valence-corrected chi connectivity index (χ4v) is 3.63. The van der Waals surface area contributed by atoms with Crippen molar-refractivity contribution >= 4 is 23.3 Å². The average Bonchev–Trinajstić information content (AvgIpc) is 3.40. The van der Waals surface area contributed by atoms with E-state index >= 15 is 0 Å². The highest BCUT2D eigenvalue weighted by molar-refractivity contribution is 7.13. The molecule has 3 aromatic rings. The number of nitrogens with zero attached hydrogens (tertiary/aromatic N) is 3. The summed E-state index contributed by atoms with van der Waals surface area (Å²) in [6, 6.07) is 6.94. The van der Waals surface area contributed by atoms with Gasteiger partial charge in [-0.3, -0.25) is 4.79 Å². The fraction of sp³-hybridized carbons (Fsp3) is 0.211. The van der Waals surface area contributed by atoms with E-state index in [1.54, 1.807) is 4.90 Å². The molecule has 1 aromatic carbocycles. The van der Waals surface area contributed by atoms with Crippen molar-refractivity contribution in [2.45, 2.75) is 12.3 Å². The van der Waals surface area contributed by atoms with Crippen LogP contribution in [0, 0.1) is 11.6 Å². The lowest BCUT2D eigenvalue weighted by Crippen LogP contribution is -2.26. The Morgan fingerprint density at radius 3 is 3.04 bits per heavy atom. The van der Waals surface area contributed by atoms with Crippen molar-refractivity contribution in [2.75, 3.05) is 13.1 Å². The highest BCUT2D eigenvalue weighted by Gasteiger charge is 2.30. The first-order valence-corrected chi connectivity index (χ1v) is 9.27. The summed E-state index contributed by atoms with van der Waals surface area (Å²) in [7, 11) is 0. The number of rotatable bonds is 4. The van der Waals surface area contributed by atoms with Crippen molar-refractivity contribution in [1.82, 2.24) is 15.0 Å². The van der Waals surface area contributed by atoms with E-state index in [1.165, 1.54) is 23.5 Å². The number of hydrogen-bond donors (Lipinski definition) is 0. The lowest BCUT2D eigenvalue weighted by molar-refractivity contribution is -0.124. The number of thiophene rings is 1. The van der Waals surface area contributed by atoms with Gasteiger partial charge in [0.25, 0.3) is 5.89 Å². The normalized spacial score (nSPS) is 17.1. The van der Waals surface area contributed by atoms with Crippen molar-refractivity contribution in [3.63, 3.8) is 0 Å². The Bertz CT molecular complexity index is 985. The van der Waals surface area contributed by atoms with Gasteiger partial charge in [0.2, 0.25) is 5.91 Å². The molecule has 0 N–H and O–H groups in total. The molecule has 1 amide bonds. The summed E-state index contributed by atoms with van der Waals surface area (Å²) < 4.78 is 32.1. The maximum atomic E-state index is 13.6.